The lowest BCUT2D eigenvalue weighted by Crippen LogP contribution is -2.48. The number of aromatic nitrogens is 2. The Hall–Kier alpha value is -2.67. The SMILES string of the molecule is COc1ccc(CN2CCN(C(=O)c3nccnc3N)CC2)cc1. The predicted octanol–water partition coefficient (Wildman–Crippen LogP) is 1.03. The number of nitrogens with two attached hydrogens (primary N) is 1. The topological polar surface area (TPSA) is 84.6 Å². The number of hydrogen-bond donors (Lipinski definition) is 1. The first-order chi connectivity index (χ1) is 11.7. The van der Waals surface area contributed by atoms with Crippen LogP contribution in [0.1, 0.15) is 16.1 Å². The first-order valence-electron chi connectivity index (χ1n) is 7.88. The van der Waals surface area contributed by atoms with Gasteiger partial charge in [-0.25, -0.2) is 9.97 Å². The fraction of sp³-hybridized carbons (Fsp3) is 0.353. The number of carbonyl (C=O) groups is 1. The highest BCUT2D eigenvalue weighted by atomic mass is 16.5. The van der Waals surface area contributed by atoms with E-state index >= 15 is 0 Å². The molecule has 0 unspecified atom stereocenters. The summed E-state index contributed by atoms with van der Waals surface area (Å²) in [6.45, 7) is 3.81. The summed E-state index contributed by atoms with van der Waals surface area (Å²) in [7, 11) is 1.66. The van der Waals surface area contributed by atoms with Crippen LogP contribution in [0.4, 0.5) is 5.82 Å². The van der Waals surface area contributed by atoms with E-state index in [9.17, 15) is 4.79 Å². The molecule has 0 spiro atoms. The van der Waals surface area contributed by atoms with Crippen LogP contribution >= 0.6 is 0 Å². The number of benzene rings is 1. The second-order valence-electron chi connectivity index (χ2n) is 5.71. The van der Waals surface area contributed by atoms with Crippen molar-refractivity contribution in [3.63, 3.8) is 0 Å². The summed E-state index contributed by atoms with van der Waals surface area (Å²) in [5, 5.41) is 0. The molecule has 2 heterocycles. The van der Waals surface area contributed by atoms with Gasteiger partial charge < -0.3 is 15.4 Å². The van der Waals surface area contributed by atoms with Crippen LogP contribution in [0.3, 0.4) is 0 Å². The Kier molecular flexibility index (Phi) is 4.90. The number of nitrogens with zero attached hydrogens (tertiary/aromatic N) is 4. The van der Waals surface area contributed by atoms with Crippen molar-refractivity contribution in [3.05, 3.63) is 47.9 Å². The normalized spacial score (nSPS) is 15.3. The first-order valence-corrected chi connectivity index (χ1v) is 7.88. The van der Waals surface area contributed by atoms with Gasteiger partial charge in [-0.2, -0.15) is 0 Å². The molecule has 0 aliphatic carbocycles. The van der Waals surface area contributed by atoms with Crippen LogP contribution in [0.25, 0.3) is 0 Å². The van der Waals surface area contributed by atoms with E-state index in [0.717, 1.165) is 25.4 Å². The average Bonchev–Trinajstić information content (AvgIpc) is 2.63. The predicted molar refractivity (Wildman–Crippen MR) is 90.6 cm³/mol. The summed E-state index contributed by atoms with van der Waals surface area (Å²) < 4.78 is 5.17. The minimum atomic E-state index is -0.148. The first kappa shape index (κ1) is 16.2. The summed E-state index contributed by atoms with van der Waals surface area (Å²) in [6.07, 6.45) is 2.97. The van der Waals surface area contributed by atoms with Crippen LogP contribution in [0.15, 0.2) is 36.7 Å². The third-order valence-electron chi connectivity index (χ3n) is 4.15. The highest BCUT2D eigenvalue weighted by Crippen LogP contribution is 2.15. The standard InChI is InChI=1S/C17H21N5O2/c1-24-14-4-2-13(3-5-14)12-21-8-10-22(11-9-21)17(23)15-16(18)20-7-6-19-15/h2-7H,8-12H2,1H3,(H2,18,20). The smallest absolute Gasteiger partial charge is 0.276 e. The Morgan fingerprint density at radius 2 is 1.79 bits per heavy atom. The van der Waals surface area contributed by atoms with Crippen LogP contribution in [0.2, 0.25) is 0 Å². The van der Waals surface area contributed by atoms with E-state index in [2.05, 4.69) is 27.0 Å². The van der Waals surface area contributed by atoms with Gasteiger partial charge in [-0.05, 0) is 17.7 Å². The van der Waals surface area contributed by atoms with Crippen molar-refractivity contribution in [3.8, 4) is 5.75 Å². The number of methoxy groups -OCH3 is 1. The van der Waals surface area contributed by atoms with Gasteiger partial charge in [-0.15, -0.1) is 0 Å². The third kappa shape index (κ3) is 3.62. The number of amides is 1. The van der Waals surface area contributed by atoms with Gasteiger partial charge in [-0.3, -0.25) is 9.69 Å². The fourth-order valence-corrected chi connectivity index (χ4v) is 2.76. The summed E-state index contributed by atoms with van der Waals surface area (Å²) in [5.74, 6) is 0.892. The summed E-state index contributed by atoms with van der Waals surface area (Å²) >= 11 is 0. The largest absolute Gasteiger partial charge is 0.497 e. The highest BCUT2D eigenvalue weighted by Gasteiger charge is 2.24. The molecular weight excluding hydrogens is 306 g/mol. The maximum absolute atomic E-state index is 12.5. The van der Waals surface area contributed by atoms with Crippen LogP contribution in [0, 0.1) is 0 Å². The molecule has 1 aromatic carbocycles. The van der Waals surface area contributed by atoms with Gasteiger partial charge in [0.15, 0.2) is 11.5 Å². The van der Waals surface area contributed by atoms with E-state index < -0.39 is 0 Å². The van der Waals surface area contributed by atoms with Crippen molar-refractivity contribution >= 4 is 11.7 Å². The van der Waals surface area contributed by atoms with Gasteiger partial charge in [0.25, 0.3) is 5.91 Å². The molecule has 24 heavy (non-hydrogen) atoms. The number of piperazine rings is 1. The molecule has 7 heteroatoms. The van der Waals surface area contributed by atoms with Crippen LogP contribution in [0.5, 0.6) is 5.75 Å². The van der Waals surface area contributed by atoms with Gasteiger partial charge in [0.05, 0.1) is 7.11 Å². The molecule has 7 nitrogen and oxygen atoms in total. The quantitative estimate of drug-likeness (QED) is 0.903. The highest BCUT2D eigenvalue weighted by molar-refractivity contribution is 5.96. The zero-order chi connectivity index (χ0) is 16.9. The number of ether oxygens (including phenoxy) is 1. The maximum Gasteiger partial charge on any atom is 0.276 e. The fourth-order valence-electron chi connectivity index (χ4n) is 2.76. The van der Waals surface area contributed by atoms with Crippen molar-refractivity contribution in [2.75, 3.05) is 39.0 Å². The van der Waals surface area contributed by atoms with E-state index in [1.807, 2.05) is 12.1 Å². The molecule has 0 atom stereocenters. The van der Waals surface area contributed by atoms with Crippen LogP contribution in [-0.2, 0) is 6.54 Å². The number of rotatable bonds is 4. The molecule has 0 radical (unpaired) electrons. The molecule has 126 valence electrons. The number of hydrogen-bond acceptors (Lipinski definition) is 6. The molecule has 2 aromatic rings. The number of anilines is 1. The van der Waals surface area contributed by atoms with Gasteiger partial charge in [0, 0.05) is 45.1 Å². The molecule has 0 saturated carbocycles. The maximum atomic E-state index is 12.5. The van der Waals surface area contributed by atoms with Gasteiger partial charge >= 0.3 is 0 Å². The molecule has 1 amide bonds. The number of nitrogen functional groups attached to an aromatic ring is 1. The van der Waals surface area contributed by atoms with Gasteiger partial charge in [0.1, 0.15) is 5.75 Å². The van der Waals surface area contributed by atoms with E-state index in [-0.39, 0.29) is 17.4 Å². The summed E-state index contributed by atoms with van der Waals surface area (Å²) in [4.78, 5) is 24.6. The van der Waals surface area contributed by atoms with Crippen LogP contribution in [-0.4, -0.2) is 59.0 Å². The van der Waals surface area contributed by atoms with Crippen molar-refractivity contribution in [2.24, 2.45) is 0 Å². The Bertz CT molecular complexity index is 696. The second kappa shape index (κ2) is 7.27. The number of carbonyl (C=O) groups excluding carboxylic acids is 1. The zero-order valence-electron chi connectivity index (χ0n) is 13.7. The Balaban J connectivity index is 1.55. The second-order valence-corrected chi connectivity index (χ2v) is 5.71. The molecule has 3 rings (SSSR count). The molecule has 1 aliphatic heterocycles. The summed E-state index contributed by atoms with van der Waals surface area (Å²) in [6, 6.07) is 8.06. The minimum absolute atomic E-state index is 0.148. The van der Waals surface area contributed by atoms with Crippen molar-refractivity contribution < 1.29 is 9.53 Å². The van der Waals surface area contributed by atoms with Crippen LogP contribution < -0.4 is 10.5 Å². The molecule has 1 aliphatic rings. The van der Waals surface area contributed by atoms with Gasteiger partial charge in [0.2, 0.25) is 0 Å². The van der Waals surface area contributed by atoms with E-state index in [1.54, 1.807) is 12.0 Å². The Morgan fingerprint density at radius 3 is 2.42 bits per heavy atom. The Labute approximate surface area is 141 Å². The Morgan fingerprint density at radius 1 is 1.12 bits per heavy atom. The van der Waals surface area contributed by atoms with E-state index in [1.165, 1.54) is 18.0 Å². The van der Waals surface area contributed by atoms with Crippen molar-refractivity contribution in [2.45, 2.75) is 6.54 Å². The molecule has 1 saturated heterocycles. The van der Waals surface area contributed by atoms with Crippen molar-refractivity contribution in [1.29, 1.82) is 0 Å². The molecule has 0 bridgehead atoms. The third-order valence-corrected chi connectivity index (χ3v) is 4.15. The summed E-state index contributed by atoms with van der Waals surface area (Å²) in [5.41, 5.74) is 7.21. The van der Waals surface area contributed by atoms with E-state index in [4.69, 9.17) is 10.5 Å². The van der Waals surface area contributed by atoms with Crippen molar-refractivity contribution in [1.82, 2.24) is 19.8 Å². The lowest BCUT2D eigenvalue weighted by Gasteiger charge is -2.34. The minimum Gasteiger partial charge on any atom is -0.497 e. The lowest BCUT2D eigenvalue weighted by atomic mass is 10.2. The average molecular weight is 327 g/mol. The van der Waals surface area contributed by atoms with Gasteiger partial charge in [-0.1, -0.05) is 12.1 Å². The molecular formula is C17H21N5O2. The zero-order valence-corrected chi connectivity index (χ0v) is 13.7. The monoisotopic (exact) mass is 327 g/mol. The molecule has 1 fully saturated rings. The van der Waals surface area contributed by atoms with E-state index in [0.29, 0.717) is 13.1 Å². The lowest BCUT2D eigenvalue weighted by molar-refractivity contribution is 0.0623. The molecule has 2 N–H and O–H groups in total. The molecule has 1 aromatic heterocycles.